The quantitative estimate of drug-likeness (QED) is 0.633. The molecule has 0 saturated heterocycles. The van der Waals surface area contributed by atoms with E-state index in [0.29, 0.717) is 24.2 Å². The van der Waals surface area contributed by atoms with Crippen molar-refractivity contribution in [3.63, 3.8) is 0 Å². The highest BCUT2D eigenvalue weighted by Gasteiger charge is 2.24. The van der Waals surface area contributed by atoms with Gasteiger partial charge in [0.2, 0.25) is 0 Å². The summed E-state index contributed by atoms with van der Waals surface area (Å²) in [4.78, 5) is 20.8. The second kappa shape index (κ2) is 3.91. The van der Waals surface area contributed by atoms with Gasteiger partial charge in [-0.2, -0.15) is 0 Å². The predicted octanol–water partition coefficient (Wildman–Crippen LogP) is 2.34. The number of carbonyl (C=O) groups excluding carboxylic acids is 1. The van der Waals surface area contributed by atoms with Gasteiger partial charge in [-0.05, 0) is 24.3 Å². The number of fused-ring (bicyclic) bond motifs is 1. The number of benzene rings is 1. The van der Waals surface area contributed by atoms with Crippen LogP contribution in [0.1, 0.15) is 22.3 Å². The van der Waals surface area contributed by atoms with Crippen LogP contribution in [-0.4, -0.2) is 10.7 Å². The number of thiol groups is 1. The van der Waals surface area contributed by atoms with Gasteiger partial charge in [-0.1, -0.05) is 24.4 Å². The van der Waals surface area contributed by atoms with Crippen LogP contribution in [0.2, 0.25) is 0 Å². The smallest absolute Gasteiger partial charge is 0.291 e. The lowest BCUT2D eigenvalue weighted by atomic mass is 10.1. The Kier molecular flexibility index (Phi) is 2.90. The van der Waals surface area contributed by atoms with Gasteiger partial charge in [0.25, 0.3) is 5.69 Å². The molecule has 0 spiro atoms. The third kappa shape index (κ3) is 2.42. The second-order valence-corrected chi connectivity index (χ2v) is 8.37. The summed E-state index contributed by atoms with van der Waals surface area (Å²) in [5.41, 5.74) is -1.52. The highest BCUT2D eigenvalue weighted by molar-refractivity contribution is 8.59. The Morgan fingerprint density at radius 3 is 2.87 bits per heavy atom. The SMILES string of the molecule is O=C1CCc2c(OP(O)(=S)S)cccc21. The largest absolute Gasteiger partial charge is 0.436 e. The standard InChI is InChI=1S/C9H9O3PS2/c10-8-5-4-7-6(8)2-1-3-9(7)12-13(11,14)15/h1-3H,4-5H2,(H2,11,14,15). The summed E-state index contributed by atoms with van der Waals surface area (Å²) < 4.78 is 5.19. The number of Topliss-reactive ketones (excluding diaryl/α,β-unsaturated/α-hetero) is 1. The van der Waals surface area contributed by atoms with Crippen LogP contribution in [0.5, 0.6) is 5.75 Å². The summed E-state index contributed by atoms with van der Waals surface area (Å²) in [6, 6.07) is 5.18. The van der Waals surface area contributed by atoms with Gasteiger partial charge in [0, 0.05) is 17.5 Å². The lowest BCUT2D eigenvalue weighted by Gasteiger charge is -2.13. The number of carbonyl (C=O) groups is 1. The van der Waals surface area contributed by atoms with Gasteiger partial charge in [-0.15, -0.1) is 0 Å². The van der Waals surface area contributed by atoms with Crippen molar-refractivity contribution in [1.82, 2.24) is 0 Å². The zero-order valence-electron chi connectivity index (χ0n) is 7.71. The van der Waals surface area contributed by atoms with E-state index in [1.807, 2.05) is 0 Å². The maximum atomic E-state index is 11.4. The first-order chi connectivity index (χ1) is 6.97. The summed E-state index contributed by atoms with van der Waals surface area (Å²) in [6.45, 7) is 0. The van der Waals surface area contributed by atoms with Crippen LogP contribution in [0, 0.1) is 0 Å². The maximum absolute atomic E-state index is 11.4. The fraction of sp³-hybridized carbons (Fsp3) is 0.222. The molecule has 0 bridgehead atoms. The number of hydrogen-bond acceptors (Lipinski definition) is 3. The third-order valence-electron chi connectivity index (χ3n) is 2.25. The summed E-state index contributed by atoms with van der Waals surface area (Å²) in [5, 5.41) is 0. The van der Waals surface area contributed by atoms with E-state index in [2.05, 4.69) is 12.2 Å². The molecule has 0 amide bonds. The van der Waals surface area contributed by atoms with Crippen LogP contribution in [0.4, 0.5) is 0 Å². The van der Waals surface area contributed by atoms with Crippen molar-refractivity contribution in [2.45, 2.75) is 12.8 Å². The van der Waals surface area contributed by atoms with Crippen LogP contribution >= 0.6 is 17.9 Å². The zero-order chi connectivity index (χ0) is 11.1. The van der Waals surface area contributed by atoms with Crippen molar-refractivity contribution in [3.8, 4) is 5.75 Å². The van der Waals surface area contributed by atoms with E-state index in [1.165, 1.54) is 0 Å². The van der Waals surface area contributed by atoms with Crippen LogP contribution in [-0.2, 0) is 18.2 Å². The molecule has 1 unspecified atom stereocenters. The normalized spacial score (nSPS) is 18.4. The number of ketones is 1. The molecular weight excluding hydrogens is 251 g/mol. The molecule has 1 aromatic carbocycles. The lowest BCUT2D eigenvalue weighted by molar-refractivity contribution is 0.0994. The maximum Gasteiger partial charge on any atom is 0.291 e. The minimum Gasteiger partial charge on any atom is -0.436 e. The first kappa shape index (κ1) is 11.1. The van der Waals surface area contributed by atoms with E-state index < -0.39 is 5.69 Å². The Morgan fingerprint density at radius 2 is 2.20 bits per heavy atom. The van der Waals surface area contributed by atoms with Crippen molar-refractivity contribution >= 4 is 35.5 Å². The van der Waals surface area contributed by atoms with Gasteiger partial charge >= 0.3 is 0 Å². The van der Waals surface area contributed by atoms with Crippen molar-refractivity contribution in [2.75, 3.05) is 0 Å². The Bertz CT molecular complexity index is 466. The summed E-state index contributed by atoms with van der Waals surface area (Å²) in [5.74, 6) is 0.597. The van der Waals surface area contributed by atoms with E-state index in [9.17, 15) is 9.69 Å². The second-order valence-electron chi connectivity index (χ2n) is 3.29. The summed E-state index contributed by atoms with van der Waals surface area (Å²) in [7, 11) is 0. The monoisotopic (exact) mass is 260 g/mol. The first-order valence-electron chi connectivity index (χ1n) is 4.37. The molecule has 1 aliphatic rings. The molecule has 1 aliphatic carbocycles. The number of rotatable bonds is 2. The topological polar surface area (TPSA) is 46.5 Å². The average molecular weight is 260 g/mol. The Labute approximate surface area is 97.8 Å². The summed E-state index contributed by atoms with van der Waals surface area (Å²) >= 11 is 8.49. The first-order valence-corrected chi connectivity index (χ1v) is 8.20. The van der Waals surface area contributed by atoms with Crippen molar-refractivity contribution in [3.05, 3.63) is 29.3 Å². The van der Waals surface area contributed by atoms with E-state index in [1.54, 1.807) is 18.2 Å². The number of hydrogen-bond donors (Lipinski definition) is 2. The van der Waals surface area contributed by atoms with Crippen molar-refractivity contribution in [1.29, 1.82) is 0 Å². The van der Waals surface area contributed by atoms with Gasteiger partial charge in [0.1, 0.15) is 5.75 Å². The predicted molar refractivity (Wildman–Crippen MR) is 65.2 cm³/mol. The van der Waals surface area contributed by atoms with E-state index in [4.69, 9.17) is 16.3 Å². The Balaban J connectivity index is 2.43. The van der Waals surface area contributed by atoms with Gasteiger partial charge in [-0.25, -0.2) is 0 Å². The molecule has 1 aromatic rings. The molecule has 0 aliphatic heterocycles. The highest BCUT2D eigenvalue weighted by Crippen LogP contribution is 2.49. The average Bonchev–Trinajstić information content (AvgIpc) is 2.47. The van der Waals surface area contributed by atoms with Crippen LogP contribution in [0.3, 0.4) is 0 Å². The van der Waals surface area contributed by atoms with Crippen LogP contribution in [0.15, 0.2) is 18.2 Å². The fourth-order valence-corrected chi connectivity index (χ4v) is 2.60. The fourth-order valence-electron chi connectivity index (χ4n) is 1.67. The molecule has 0 saturated carbocycles. The lowest BCUT2D eigenvalue weighted by Crippen LogP contribution is -1.93. The van der Waals surface area contributed by atoms with Crippen molar-refractivity contribution < 1.29 is 14.2 Å². The Hall–Kier alpha value is -0.350. The highest BCUT2D eigenvalue weighted by atomic mass is 32.9. The molecule has 3 nitrogen and oxygen atoms in total. The molecule has 0 aromatic heterocycles. The van der Waals surface area contributed by atoms with E-state index >= 15 is 0 Å². The summed E-state index contributed by atoms with van der Waals surface area (Å²) in [6.07, 6.45) is 1.14. The molecule has 0 radical (unpaired) electrons. The molecule has 6 heteroatoms. The van der Waals surface area contributed by atoms with Gasteiger partial charge < -0.3 is 9.42 Å². The van der Waals surface area contributed by atoms with E-state index in [-0.39, 0.29) is 5.78 Å². The minimum absolute atomic E-state index is 0.112. The van der Waals surface area contributed by atoms with Crippen LogP contribution in [0.25, 0.3) is 0 Å². The van der Waals surface area contributed by atoms with Crippen LogP contribution < -0.4 is 4.52 Å². The molecule has 15 heavy (non-hydrogen) atoms. The zero-order valence-corrected chi connectivity index (χ0v) is 10.3. The molecule has 1 atom stereocenters. The molecule has 0 fully saturated rings. The Morgan fingerprint density at radius 1 is 1.47 bits per heavy atom. The van der Waals surface area contributed by atoms with Gasteiger partial charge in [0.05, 0.1) is 0 Å². The molecule has 0 heterocycles. The van der Waals surface area contributed by atoms with Gasteiger partial charge in [0.15, 0.2) is 5.78 Å². The van der Waals surface area contributed by atoms with Gasteiger partial charge in [-0.3, -0.25) is 4.79 Å². The van der Waals surface area contributed by atoms with E-state index in [0.717, 1.165) is 5.56 Å². The molecule has 1 N–H and O–H groups in total. The minimum atomic E-state index is -3.02. The third-order valence-corrected chi connectivity index (χ3v) is 3.16. The molecular formula is C9H9O3PS2. The molecule has 2 rings (SSSR count). The molecule has 80 valence electrons. The van der Waals surface area contributed by atoms with Crippen molar-refractivity contribution in [2.24, 2.45) is 0 Å².